The second-order valence-electron chi connectivity index (χ2n) is 9.97. The molecular weight excluding hydrogens is 362 g/mol. The van der Waals surface area contributed by atoms with Crippen LogP contribution < -0.4 is 0 Å². The molecule has 1 aromatic heterocycles. The van der Waals surface area contributed by atoms with E-state index in [2.05, 4.69) is 33.1 Å². The molecule has 1 amide bonds. The molecule has 3 aliphatic heterocycles. The van der Waals surface area contributed by atoms with E-state index in [1.807, 2.05) is 6.33 Å². The first-order chi connectivity index (χ1) is 14.1. The molecule has 160 valence electrons. The Morgan fingerprint density at radius 2 is 1.79 bits per heavy atom. The molecule has 0 bridgehead atoms. The highest BCUT2D eigenvalue weighted by Gasteiger charge is 2.42. The average molecular weight is 400 g/mol. The predicted molar refractivity (Wildman–Crippen MR) is 114 cm³/mol. The monoisotopic (exact) mass is 399 g/mol. The van der Waals surface area contributed by atoms with E-state index in [1.165, 1.54) is 44.5 Å². The number of likely N-dealkylation sites (tertiary alicyclic amines) is 2. The highest BCUT2D eigenvalue weighted by atomic mass is 16.2. The Morgan fingerprint density at radius 1 is 1.07 bits per heavy atom. The first kappa shape index (κ1) is 19.6. The Morgan fingerprint density at radius 3 is 2.45 bits per heavy atom. The maximum absolute atomic E-state index is 13.9. The molecule has 6 heteroatoms. The number of fused-ring (bicyclic) bond motifs is 1. The van der Waals surface area contributed by atoms with Crippen LogP contribution in [0, 0.1) is 5.92 Å². The lowest BCUT2D eigenvalue weighted by atomic mass is 9.97. The van der Waals surface area contributed by atoms with Gasteiger partial charge in [0, 0.05) is 44.7 Å². The van der Waals surface area contributed by atoms with Gasteiger partial charge in [-0.3, -0.25) is 9.69 Å². The van der Waals surface area contributed by atoms with Gasteiger partial charge in [0.05, 0.1) is 17.7 Å². The van der Waals surface area contributed by atoms with Gasteiger partial charge in [0.25, 0.3) is 0 Å². The largest absolute Gasteiger partial charge is 0.341 e. The lowest BCUT2D eigenvalue weighted by Crippen LogP contribution is -2.51. The number of hydrogen-bond acceptors (Lipinski definition) is 4. The second-order valence-corrected chi connectivity index (χ2v) is 9.97. The summed E-state index contributed by atoms with van der Waals surface area (Å²) < 4.78 is 2.26. The average Bonchev–Trinajstić information content (AvgIpc) is 3.20. The first-order valence-corrected chi connectivity index (χ1v) is 11.9. The van der Waals surface area contributed by atoms with E-state index >= 15 is 0 Å². The fourth-order valence-electron chi connectivity index (χ4n) is 5.70. The Kier molecular flexibility index (Phi) is 5.41. The van der Waals surface area contributed by atoms with Crippen LogP contribution in [-0.4, -0.2) is 75.5 Å². The highest BCUT2D eigenvalue weighted by molar-refractivity contribution is 5.83. The van der Waals surface area contributed by atoms with Crippen molar-refractivity contribution in [2.75, 3.05) is 39.3 Å². The fourth-order valence-corrected chi connectivity index (χ4v) is 5.70. The molecule has 6 nitrogen and oxygen atoms in total. The molecule has 1 aromatic rings. The number of carbonyl (C=O) groups is 1. The van der Waals surface area contributed by atoms with Gasteiger partial charge in [-0.15, -0.1) is 0 Å². The van der Waals surface area contributed by atoms with Crippen LogP contribution >= 0.6 is 0 Å². The molecule has 1 saturated carbocycles. The summed E-state index contributed by atoms with van der Waals surface area (Å²) in [5.74, 6) is 1.12. The highest BCUT2D eigenvalue weighted by Crippen LogP contribution is 2.38. The molecule has 0 radical (unpaired) electrons. The van der Waals surface area contributed by atoms with E-state index in [0.29, 0.717) is 18.0 Å². The minimum atomic E-state index is -0.132. The third-order valence-electron chi connectivity index (χ3n) is 7.58. The second kappa shape index (κ2) is 8.03. The Hall–Kier alpha value is -1.40. The summed E-state index contributed by atoms with van der Waals surface area (Å²) in [5.41, 5.74) is 2.33. The predicted octanol–water partition coefficient (Wildman–Crippen LogP) is 2.86. The number of nitrogens with zero attached hydrogens (tertiary/aromatic N) is 5. The van der Waals surface area contributed by atoms with Crippen molar-refractivity contribution >= 4 is 5.91 Å². The van der Waals surface area contributed by atoms with E-state index in [1.54, 1.807) is 0 Å². The van der Waals surface area contributed by atoms with Gasteiger partial charge in [0.1, 0.15) is 6.04 Å². The molecule has 29 heavy (non-hydrogen) atoms. The minimum absolute atomic E-state index is 0.132. The molecule has 2 saturated heterocycles. The lowest BCUT2D eigenvalue weighted by molar-refractivity contribution is -0.139. The van der Waals surface area contributed by atoms with Gasteiger partial charge in [-0.1, -0.05) is 0 Å². The minimum Gasteiger partial charge on any atom is -0.341 e. The number of amides is 1. The smallest absolute Gasteiger partial charge is 0.246 e. The number of aromatic nitrogens is 2. The van der Waals surface area contributed by atoms with E-state index in [-0.39, 0.29) is 6.04 Å². The van der Waals surface area contributed by atoms with Crippen molar-refractivity contribution in [2.24, 2.45) is 5.92 Å². The zero-order valence-corrected chi connectivity index (χ0v) is 18.2. The zero-order valence-electron chi connectivity index (χ0n) is 18.2. The van der Waals surface area contributed by atoms with Gasteiger partial charge < -0.3 is 14.4 Å². The first-order valence-electron chi connectivity index (χ1n) is 11.9. The van der Waals surface area contributed by atoms with Gasteiger partial charge in [0.2, 0.25) is 5.91 Å². The van der Waals surface area contributed by atoms with Gasteiger partial charge in [0.15, 0.2) is 0 Å². The quantitative estimate of drug-likeness (QED) is 0.764. The van der Waals surface area contributed by atoms with Crippen molar-refractivity contribution in [1.29, 1.82) is 0 Å². The molecule has 0 spiro atoms. The SMILES string of the molecule is CC(C)n1cnc2c1[C@H](C(=O)N1CCC(N3CCCC3)CC1)N(CC1CC1)CC2. The summed E-state index contributed by atoms with van der Waals surface area (Å²) in [6.45, 7) is 10.8. The number of carbonyl (C=O) groups excluding carboxylic acids is 1. The molecule has 0 unspecified atom stereocenters. The molecule has 5 rings (SSSR count). The topological polar surface area (TPSA) is 44.6 Å². The van der Waals surface area contributed by atoms with Crippen LogP contribution in [0.15, 0.2) is 6.33 Å². The van der Waals surface area contributed by atoms with Crippen LogP contribution in [0.4, 0.5) is 0 Å². The Labute approximate surface area is 175 Å². The van der Waals surface area contributed by atoms with Crippen molar-refractivity contribution in [1.82, 2.24) is 24.3 Å². The molecule has 4 heterocycles. The van der Waals surface area contributed by atoms with Crippen LogP contribution in [0.3, 0.4) is 0 Å². The van der Waals surface area contributed by atoms with Gasteiger partial charge in [-0.05, 0) is 71.4 Å². The van der Waals surface area contributed by atoms with Crippen LogP contribution in [0.5, 0.6) is 0 Å². The molecule has 0 N–H and O–H groups in total. The van der Waals surface area contributed by atoms with E-state index < -0.39 is 0 Å². The summed E-state index contributed by atoms with van der Waals surface area (Å²) in [5, 5.41) is 0. The van der Waals surface area contributed by atoms with E-state index in [0.717, 1.165) is 57.1 Å². The molecule has 1 aliphatic carbocycles. The van der Waals surface area contributed by atoms with Crippen molar-refractivity contribution in [3.8, 4) is 0 Å². The van der Waals surface area contributed by atoms with Gasteiger partial charge >= 0.3 is 0 Å². The lowest BCUT2D eigenvalue weighted by Gasteiger charge is -2.42. The van der Waals surface area contributed by atoms with Crippen molar-refractivity contribution < 1.29 is 4.79 Å². The maximum Gasteiger partial charge on any atom is 0.246 e. The molecule has 1 atom stereocenters. The van der Waals surface area contributed by atoms with Crippen LogP contribution in [-0.2, 0) is 11.2 Å². The van der Waals surface area contributed by atoms with E-state index in [4.69, 9.17) is 4.98 Å². The van der Waals surface area contributed by atoms with Crippen LogP contribution in [0.1, 0.15) is 75.8 Å². The fraction of sp³-hybridized carbons (Fsp3) is 0.826. The number of hydrogen-bond donors (Lipinski definition) is 0. The maximum atomic E-state index is 13.9. The Bertz CT molecular complexity index is 726. The third kappa shape index (κ3) is 3.86. The van der Waals surface area contributed by atoms with Crippen molar-refractivity contribution in [3.05, 3.63) is 17.7 Å². The van der Waals surface area contributed by atoms with Crippen molar-refractivity contribution in [3.63, 3.8) is 0 Å². The van der Waals surface area contributed by atoms with Gasteiger partial charge in [-0.2, -0.15) is 0 Å². The van der Waals surface area contributed by atoms with E-state index in [9.17, 15) is 4.79 Å². The zero-order chi connectivity index (χ0) is 20.0. The van der Waals surface area contributed by atoms with Crippen molar-refractivity contribution in [2.45, 2.75) is 76.9 Å². The Balaban J connectivity index is 1.35. The van der Waals surface area contributed by atoms with Crippen LogP contribution in [0.2, 0.25) is 0 Å². The summed E-state index contributed by atoms with van der Waals surface area (Å²) in [6.07, 6.45) is 10.6. The summed E-state index contributed by atoms with van der Waals surface area (Å²) in [6, 6.07) is 0.892. The summed E-state index contributed by atoms with van der Waals surface area (Å²) >= 11 is 0. The molecule has 4 aliphatic rings. The molecular formula is C23H37N5O. The molecule has 0 aromatic carbocycles. The normalized spacial score (nSPS) is 27.0. The number of imidazole rings is 1. The summed E-state index contributed by atoms with van der Waals surface area (Å²) in [7, 11) is 0. The number of piperidine rings is 1. The molecule has 3 fully saturated rings. The summed E-state index contributed by atoms with van der Waals surface area (Å²) in [4.78, 5) is 25.9. The number of rotatable bonds is 5. The third-order valence-corrected chi connectivity index (χ3v) is 7.58. The van der Waals surface area contributed by atoms with Gasteiger partial charge in [-0.25, -0.2) is 4.98 Å². The standard InChI is InChI=1S/C23H37N5O/c1-17(2)28-16-24-20-9-14-27(15-18-5-6-18)22(21(20)28)23(29)26-12-7-19(8-13-26)25-10-3-4-11-25/h16-19,22H,3-15H2,1-2H3/t22-/m1/s1. The van der Waals surface area contributed by atoms with Crippen LogP contribution in [0.25, 0.3) is 0 Å².